The third-order valence-electron chi connectivity index (χ3n) is 3.66. The summed E-state index contributed by atoms with van der Waals surface area (Å²) >= 11 is 0. The smallest absolute Gasteiger partial charge is 0.222 e. The summed E-state index contributed by atoms with van der Waals surface area (Å²) in [7, 11) is 1.69. The zero-order chi connectivity index (χ0) is 14.3. The van der Waals surface area contributed by atoms with Crippen molar-refractivity contribution in [1.29, 1.82) is 0 Å². The molecule has 4 heteroatoms. The molecule has 0 radical (unpaired) electrons. The van der Waals surface area contributed by atoms with Crippen LogP contribution in [0.5, 0.6) is 0 Å². The topological polar surface area (TPSA) is 41.6 Å². The highest BCUT2D eigenvalue weighted by molar-refractivity contribution is 5.76. The molecule has 4 nitrogen and oxygen atoms in total. The first-order valence-corrected chi connectivity index (χ1v) is 7.53. The largest absolute Gasteiger partial charge is 0.384 e. The van der Waals surface area contributed by atoms with E-state index >= 15 is 0 Å². The van der Waals surface area contributed by atoms with Crippen molar-refractivity contribution in [2.45, 2.75) is 46.1 Å². The number of ether oxygens (including phenoxy) is 1. The van der Waals surface area contributed by atoms with Gasteiger partial charge in [-0.3, -0.25) is 4.79 Å². The predicted octanol–water partition coefficient (Wildman–Crippen LogP) is 1.90. The van der Waals surface area contributed by atoms with E-state index in [-0.39, 0.29) is 0 Å². The summed E-state index contributed by atoms with van der Waals surface area (Å²) in [5.74, 6) is 1.21. The van der Waals surface area contributed by atoms with E-state index in [0.29, 0.717) is 36.8 Å². The molecule has 2 atom stereocenters. The normalized spacial score (nSPS) is 21.7. The molecule has 0 aliphatic carbocycles. The van der Waals surface area contributed by atoms with Gasteiger partial charge in [-0.25, -0.2) is 0 Å². The van der Waals surface area contributed by atoms with Gasteiger partial charge in [-0.05, 0) is 31.2 Å². The van der Waals surface area contributed by atoms with Crippen LogP contribution in [0.25, 0.3) is 0 Å². The average Bonchev–Trinajstić information content (AvgIpc) is 2.37. The highest BCUT2D eigenvalue weighted by atomic mass is 16.5. The molecular formula is C15H30N2O2. The van der Waals surface area contributed by atoms with Gasteiger partial charge in [0.1, 0.15) is 0 Å². The number of nitrogens with one attached hydrogen (secondary N) is 1. The molecular weight excluding hydrogens is 240 g/mol. The second-order valence-corrected chi connectivity index (χ2v) is 6.18. The lowest BCUT2D eigenvalue weighted by molar-refractivity contribution is -0.134. The maximum absolute atomic E-state index is 12.2. The van der Waals surface area contributed by atoms with Gasteiger partial charge in [0.2, 0.25) is 5.91 Å². The van der Waals surface area contributed by atoms with Crippen LogP contribution in [0.3, 0.4) is 0 Å². The Morgan fingerprint density at radius 2 is 2.16 bits per heavy atom. The van der Waals surface area contributed by atoms with Gasteiger partial charge < -0.3 is 15.0 Å². The molecule has 1 aliphatic heterocycles. The van der Waals surface area contributed by atoms with E-state index in [1.54, 1.807) is 7.11 Å². The van der Waals surface area contributed by atoms with Crippen molar-refractivity contribution in [3.63, 3.8) is 0 Å². The quantitative estimate of drug-likeness (QED) is 0.768. The van der Waals surface area contributed by atoms with Gasteiger partial charge in [0.15, 0.2) is 0 Å². The Hall–Kier alpha value is -0.610. The summed E-state index contributed by atoms with van der Waals surface area (Å²) in [5, 5.41) is 3.48. The van der Waals surface area contributed by atoms with E-state index in [0.717, 1.165) is 26.1 Å². The molecule has 1 heterocycles. The van der Waals surface area contributed by atoms with E-state index in [1.807, 2.05) is 4.90 Å². The lowest BCUT2D eigenvalue weighted by atomic mass is 9.96. The molecule has 2 unspecified atom stereocenters. The van der Waals surface area contributed by atoms with Crippen LogP contribution in [-0.2, 0) is 9.53 Å². The number of rotatable bonds is 7. The fraction of sp³-hybridized carbons (Fsp3) is 0.933. The van der Waals surface area contributed by atoms with E-state index in [1.165, 1.54) is 6.42 Å². The summed E-state index contributed by atoms with van der Waals surface area (Å²) in [5.41, 5.74) is 0. The summed E-state index contributed by atoms with van der Waals surface area (Å²) in [6.45, 7) is 9.93. The van der Waals surface area contributed by atoms with E-state index in [2.05, 4.69) is 26.1 Å². The van der Waals surface area contributed by atoms with Gasteiger partial charge in [0.25, 0.3) is 0 Å². The molecule has 0 aromatic rings. The Balaban J connectivity index is 2.34. The monoisotopic (exact) mass is 270 g/mol. The molecule has 1 rings (SSSR count). The Morgan fingerprint density at radius 3 is 2.79 bits per heavy atom. The number of methoxy groups -OCH3 is 1. The van der Waals surface area contributed by atoms with Crippen LogP contribution in [0.2, 0.25) is 0 Å². The first-order chi connectivity index (χ1) is 9.02. The van der Waals surface area contributed by atoms with Crippen LogP contribution < -0.4 is 5.32 Å². The van der Waals surface area contributed by atoms with Crippen molar-refractivity contribution >= 4 is 5.91 Å². The van der Waals surface area contributed by atoms with Crippen molar-refractivity contribution in [1.82, 2.24) is 10.2 Å². The van der Waals surface area contributed by atoms with Crippen molar-refractivity contribution in [3.8, 4) is 0 Å². The van der Waals surface area contributed by atoms with Crippen LogP contribution in [0, 0.1) is 11.8 Å². The van der Waals surface area contributed by atoms with Crippen molar-refractivity contribution in [2.24, 2.45) is 11.8 Å². The van der Waals surface area contributed by atoms with E-state index in [9.17, 15) is 4.79 Å². The Kier molecular flexibility index (Phi) is 7.39. The molecule has 112 valence electrons. The number of carbonyl (C=O) groups is 1. The third kappa shape index (κ3) is 6.39. The molecule has 1 fully saturated rings. The fourth-order valence-electron chi connectivity index (χ4n) is 2.63. The molecule has 0 spiro atoms. The SMILES string of the molecule is COCC(C)CC(=O)N1CCCC(CNC(C)C)C1. The van der Waals surface area contributed by atoms with E-state index in [4.69, 9.17) is 4.74 Å². The molecule has 0 aromatic heterocycles. The summed E-state index contributed by atoms with van der Waals surface area (Å²) in [4.78, 5) is 14.3. The molecule has 0 saturated carbocycles. The van der Waals surface area contributed by atoms with Gasteiger partial charge in [0.05, 0.1) is 0 Å². The van der Waals surface area contributed by atoms with Crippen LogP contribution in [0.1, 0.15) is 40.0 Å². The lowest BCUT2D eigenvalue weighted by Crippen LogP contribution is -2.44. The van der Waals surface area contributed by atoms with Crippen LogP contribution in [-0.4, -0.2) is 50.2 Å². The Morgan fingerprint density at radius 1 is 1.42 bits per heavy atom. The molecule has 1 aliphatic rings. The van der Waals surface area contributed by atoms with Crippen LogP contribution in [0.4, 0.5) is 0 Å². The fourth-order valence-corrected chi connectivity index (χ4v) is 2.63. The standard InChI is InChI=1S/C15H30N2O2/c1-12(2)16-9-14-6-5-7-17(10-14)15(18)8-13(3)11-19-4/h12-14,16H,5-11H2,1-4H3. The van der Waals surface area contributed by atoms with Crippen LogP contribution in [0.15, 0.2) is 0 Å². The number of hydrogen-bond acceptors (Lipinski definition) is 3. The minimum Gasteiger partial charge on any atom is -0.384 e. The predicted molar refractivity (Wildman–Crippen MR) is 78.1 cm³/mol. The maximum Gasteiger partial charge on any atom is 0.222 e. The zero-order valence-corrected chi connectivity index (χ0v) is 12.9. The van der Waals surface area contributed by atoms with Gasteiger partial charge in [-0.15, -0.1) is 0 Å². The molecule has 0 bridgehead atoms. The number of hydrogen-bond donors (Lipinski definition) is 1. The number of carbonyl (C=O) groups excluding carboxylic acids is 1. The lowest BCUT2D eigenvalue weighted by Gasteiger charge is -2.34. The van der Waals surface area contributed by atoms with Gasteiger partial charge in [0, 0.05) is 39.3 Å². The minimum absolute atomic E-state index is 0.291. The second kappa shape index (κ2) is 8.54. The zero-order valence-electron chi connectivity index (χ0n) is 12.9. The number of amides is 1. The number of nitrogens with zero attached hydrogens (tertiary/aromatic N) is 1. The average molecular weight is 270 g/mol. The molecule has 1 saturated heterocycles. The Bertz CT molecular complexity index is 269. The molecule has 0 aromatic carbocycles. The van der Waals surface area contributed by atoms with Gasteiger partial charge in [-0.1, -0.05) is 20.8 Å². The number of piperidine rings is 1. The number of likely N-dealkylation sites (tertiary alicyclic amines) is 1. The summed E-state index contributed by atoms with van der Waals surface area (Å²) < 4.78 is 5.10. The summed E-state index contributed by atoms with van der Waals surface area (Å²) in [6.07, 6.45) is 2.98. The van der Waals surface area contributed by atoms with Crippen molar-refractivity contribution < 1.29 is 9.53 Å². The van der Waals surface area contributed by atoms with Crippen molar-refractivity contribution in [2.75, 3.05) is 33.4 Å². The highest BCUT2D eigenvalue weighted by Crippen LogP contribution is 2.18. The minimum atomic E-state index is 0.291. The Labute approximate surface area is 117 Å². The first-order valence-electron chi connectivity index (χ1n) is 7.53. The van der Waals surface area contributed by atoms with Crippen LogP contribution >= 0.6 is 0 Å². The van der Waals surface area contributed by atoms with E-state index < -0.39 is 0 Å². The summed E-state index contributed by atoms with van der Waals surface area (Å²) in [6, 6.07) is 0.521. The van der Waals surface area contributed by atoms with Crippen molar-refractivity contribution in [3.05, 3.63) is 0 Å². The molecule has 1 N–H and O–H groups in total. The molecule has 19 heavy (non-hydrogen) atoms. The maximum atomic E-state index is 12.2. The highest BCUT2D eigenvalue weighted by Gasteiger charge is 2.24. The first kappa shape index (κ1) is 16.4. The second-order valence-electron chi connectivity index (χ2n) is 6.18. The van der Waals surface area contributed by atoms with Gasteiger partial charge >= 0.3 is 0 Å². The van der Waals surface area contributed by atoms with Gasteiger partial charge in [-0.2, -0.15) is 0 Å². The third-order valence-corrected chi connectivity index (χ3v) is 3.66. The molecule has 1 amide bonds.